The summed E-state index contributed by atoms with van der Waals surface area (Å²) in [6, 6.07) is -0.360. The molecule has 0 amide bonds. The van der Waals surface area contributed by atoms with Crippen LogP contribution in [-0.4, -0.2) is 51.1 Å². The number of thiocarbonyl (C=S) groups is 1. The zero-order valence-corrected chi connectivity index (χ0v) is 12.6. The SMILES string of the molecule is CCCC(C(=O)O)N1CCC(SC)(C(N)=S)CC1. The minimum Gasteiger partial charge on any atom is -0.480 e. The number of rotatable bonds is 6. The van der Waals surface area contributed by atoms with Gasteiger partial charge in [0.2, 0.25) is 0 Å². The smallest absolute Gasteiger partial charge is 0.320 e. The molecule has 6 heteroatoms. The van der Waals surface area contributed by atoms with Crippen LogP contribution in [0.1, 0.15) is 32.6 Å². The highest BCUT2D eigenvalue weighted by Crippen LogP contribution is 2.35. The lowest BCUT2D eigenvalue weighted by Gasteiger charge is -2.42. The Hall–Kier alpha value is -0.330. The van der Waals surface area contributed by atoms with Gasteiger partial charge in [-0.1, -0.05) is 25.6 Å². The second kappa shape index (κ2) is 6.73. The van der Waals surface area contributed by atoms with Gasteiger partial charge in [-0.3, -0.25) is 9.69 Å². The van der Waals surface area contributed by atoms with E-state index in [2.05, 4.69) is 4.90 Å². The number of nitrogens with two attached hydrogens (primary N) is 1. The lowest BCUT2D eigenvalue weighted by Crippen LogP contribution is -2.53. The highest BCUT2D eigenvalue weighted by molar-refractivity contribution is 8.02. The third-order valence-corrected chi connectivity index (χ3v) is 5.66. The van der Waals surface area contributed by atoms with Gasteiger partial charge in [0.15, 0.2) is 0 Å². The average Bonchev–Trinajstić information content (AvgIpc) is 2.35. The van der Waals surface area contributed by atoms with Gasteiger partial charge in [-0.25, -0.2) is 0 Å². The van der Waals surface area contributed by atoms with Gasteiger partial charge in [0.05, 0.1) is 9.74 Å². The van der Waals surface area contributed by atoms with Gasteiger partial charge in [0.1, 0.15) is 6.04 Å². The molecule has 1 atom stereocenters. The van der Waals surface area contributed by atoms with Gasteiger partial charge in [-0.2, -0.15) is 11.8 Å². The third kappa shape index (κ3) is 3.36. The number of nitrogens with zero attached hydrogens (tertiary/aromatic N) is 1. The van der Waals surface area contributed by atoms with Gasteiger partial charge >= 0.3 is 5.97 Å². The highest BCUT2D eigenvalue weighted by Gasteiger charge is 2.39. The maximum absolute atomic E-state index is 11.3. The number of carboxylic acid groups (broad SMARTS) is 1. The van der Waals surface area contributed by atoms with E-state index < -0.39 is 5.97 Å². The van der Waals surface area contributed by atoms with E-state index >= 15 is 0 Å². The van der Waals surface area contributed by atoms with Crippen molar-refractivity contribution in [2.45, 2.75) is 43.4 Å². The predicted molar refractivity (Wildman–Crippen MR) is 80.2 cm³/mol. The van der Waals surface area contributed by atoms with Gasteiger partial charge in [0, 0.05) is 13.1 Å². The average molecular weight is 290 g/mol. The van der Waals surface area contributed by atoms with E-state index in [0.29, 0.717) is 11.4 Å². The van der Waals surface area contributed by atoms with E-state index in [9.17, 15) is 9.90 Å². The van der Waals surface area contributed by atoms with Crippen LogP contribution in [0.4, 0.5) is 0 Å². The van der Waals surface area contributed by atoms with Crippen LogP contribution in [0.25, 0.3) is 0 Å². The van der Waals surface area contributed by atoms with E-state index in [1.165, 1.54) is 0 Å². The molecule has 0 aromatic carbocycles. The standard InChI is InChI=1S/C12H22N2O2S2/c1-3-4-9(10(15)16)14-7-5-12(18-2,6-8-14)11(13)17/h9H,3-8H2,1-2H3,(H2,13,17)(H,15,16). The Balaban J connectivity index is 2.67. The van der Waals surface area contributed by atoms with E-state index in [1.807, 2.05) is 13.2 Å². The molecule has 1 unspecified atom stereocenters. The molecule has 1 saturated heterocycles. The summed E-state index contributed by atoms with van der Waals surface area (Å²) in [6.07, 6.45) is 5.30. The third-order valence-electron chi connectivity index (χ3n) is 3.73. The Labute approximate surface area is 118 Å². The minimum atomic E-state index is -0.719. The Morgan fingerprint density at radius 2 is 2.11 bits per heavy atom. The molecular formula is C12H22N2O2S2. The number of piperidine rings is 1. The van der Waals surface area contributed by atoms with Crippen molar-refractivity contribution in [3.05, 3.63) is 0 Å². The second-order valence-corrected chi connectivity index (χ2v) is 6.37. The summed E-state index contributed by atoms with van der Waals surface area (Å²) in [4.78, 5) is 13.9. The second-order valence-electron chi connectivity index (χ2n) is 4.74. The molecule has 1 fully saturated rings. The fourth-order valence-electron chi connectivity index (χ4n) is 2.48. The number of likely N-dealkylation sites (tertiary alicyclic amines) is 1. The normalized spacial score (nSPS) is 21.4. The summed E-state index contributed by atoms with van der Waals surface area (Å²) in [5.41, 5.74) is 5.83. The minimum absolute atomic E-state index is 0.138. The van der Waals surface area contributed by atoms with Crippen LogP contribution in [-0.2, 0) is 4.79 Å². The molecule has 1 rings (SSSR count). The fourth-order valence-corrected chi connectivity index (χ4v) is 3.73. The Kier molecular flexibility index (Phi) is 5.88. The number of hydrogen-bond acceptors (Lipinski definition) is 4. The Morgan fingerprint density at radius 1 is 1.56 bits per heavy atom. The van der Waals surface area contributed by atoms with E-state index in [-0.39, 0.29) is 10.8 Å². The van der Waals surface area contributed by atoms with Crippen LogP contribution in [0.2, 0.25) is 0 Å². The largest absolute Gasteiger partial charge is 0.480 e. The van der Waals surface area contributed by atoms with Gasteiger partial charge in [0.25, 0.3) is 0 Å². The van der Waals surface area contributed by atoms with Crippen molar-refractivity contribution in [1.82, 2.24) is 4.90 Å². The first-order valence-electron chi connectivity index (χ1n) is 6.28. The molecule has 0 bridgehead atoms. The van der Waals surface area contributed by atoms with Crippen molar-refractivity contribution < 1.29 is 9.90 Å². The predicted octanol–water partition coefficient (Wildman–Crippen LogP) is 1.72. The molecule has 0 spiro atoms. The summed E-state index contributed by atoms with van der Waals surface area (Å²) in [5, 5.41) is 9.26. The van der Waals surface area contributed by atoms with Crippen LogP contribution >= 0.6 is 24.0 Å². The summed E-state index contributed by atoms with van der Waals surface area (Å²) in [5.74, 6) is -0.719. The lowest BCUT2D eigenvalue weighted by molar-refractivity contribution is -0.144. The number of thioether (sulfide) groups is 1. The molecule has 104 valence electrons. The summed E-state index contributed by atoms with van der Waals surface area (Å²) < 4.78 is -0.138. The zero-order valence-electron chi connectivity index (χ0n) is 11.0. The highest BCUT2D eigenvalue weighted by atomic mass is 32.2. The zero-order chi connectivity index (χ0) is 13.8. The first-order chi connectivity index (χ1) is 8.46. The molecule has 1 aliphatic rings. The summed E-state index contributed by atoms with van der Waals surface area (Å²) in [6.45, 7) is 3.53. The fraction of sp³-hybridized carbons (Fsp3) is 0.833. The molecule has 0 aromatic heterocycles. The van der Waals surface area contributed by atoms with Crippen molar-refractivity contribution in [2.75, 3.05) is 19.3 Å². The first kappa shape index (κ1) is 15.7. The summed E-state index contributed by atoms with van der Waals surface area (Å²) in [7, 11) is 0. The van der Waals surface area contributed by atoms with E-state index in [0.717, 1.165) is 32.4 Å². The van der Waals surface area contributed by atoms with E-state index in [4.69, 9.17) is 18.0 Å². The molecule has 1 aliphatic heterocycles. The number of carbonyl (C=O) groups is 1. The van der Waals surface area contributed by atoms with Crippen molar-refractivity contribution in [2.24, 2.45) is 5.73 Å². The van der Waals surface area contributed by atoms with Crippen LogP contribution in [0.15, 0.2) is 0 Å². The van der Waals surface area contributed by atoms with Crippen molar-refractivity contribution >= 4 is 34.9 Å². The quantitative estimate of drug-likeness (QED) is 0.726. The number of aliphatic carboxylic acids is 1. The molecule has 4 nitrogen and oxygen atoms in total. The topological polar surface area (TPSA) is 66.6 Å². The number of carboxylic acids is 1. The van der Waals surface area contributed by atoms with Crippen LogP contribution in [0, 0.1) is 0 Å². The van der Waals surface area contributed by atoms with Crippen molar-refractivity contribution in [3.63, 3.8) is 0 Å². The molecular weight excluding hydrogens is 268 g/mol. The van der Waals surface area contributed by atoms with Gasteiger partial charge in [-0.15, -0.1) is 0 Å². The maximum Gasteiger partial charge on any atom is 0.320 e. The molecule has 0 saturated carbocycles. The van der Waals surface area contributed by atoms with Crippen molar-refractivity contribution in [3.8, 4) is 0 Å². The molecule has 0 aromatic rings. The maximum atomic E-state index is 11.3. The van der Waals surface area contributed by atoms with E-state index in [1.54, 1.807) is 11.8 Å². The van der Waals surface area contributed by atoms with Crippen LogP contribution in [0.5, 0.6) is 0 Å². The Morgan fingerprint density at radius 3 is 2.44 bits per heavy atom. The van der Waals surface area contributed by atoms with Crippen molar-refractivity contribution in [1.29, 1.82) is 0 Å². The molecule has 0 radical (unpaired) electrons. The first-order valence-corrected chi connectivity index (χ1v) is 7.92. The summed E-state index contributed by atoms with van der Waals surface area (Å²) >= 11 is 6.85. The number of hydrogen-bond donors (Lipinski definition) is 2. The van der Waals surface area contributed by atoms with Crippen LogP contribution in [0.3, 0.4) is 0 Å². The van der Waals surface area contributed by atoms with Crippen LogP contribution < -0.4 is 5.73 Å². The molecule has 0 aliphatic carbocycles. The Bertz CT molecular complexity index is 315. The monoisotopic (exact) mass is 290 g/mol. The molecule has 3 N–H and O–H groups in total. The lowest BCUT2D eigenvalue weighted by atomic mass is 9.94. The van der Waals surface area contributed by atoms with Gasteiger partial charge in [-0.05, 0) is 25.5 Å². The molecule has 18 heavy (non-hydrogen) atoms. The van der Waals surface area contributed by atoms with Gasteiger partial charge < -0.3 is 10.8 Å². The molecule has 1 heterocycles.